The van der Waals surface area contributed by atoms with E-state index in [1.54, 1.807) is 0 Å². The SMILES string of the molecule is CCCOc1ccc(C(C)CCC(N)CC)c(C)c1C. The summed E-state index contributed by atoms with van der Waals surface area (Å²) in [7, 11) is 0. The maximum absolute atomic E-state index is 6.03. The summed E-state index contributed by atoms with van der Waals surface area (Å²) >= 11 is 0. The first-order chi connectivity index (χ1) is 9.51. The highest BCUT2D eigenvalue weighted by molar-refractivity contribution is 5.44. The van der Waals surface area contributed by atoms with Crippen LogP contribution >= 0.6 is 0 Å². The molecule has 0 amide bonds. The highest BCUT2D eigenvalue weighted by atomic mass is 16.5. The normalized spacial score (nSPS) is 14.1. The van der Waals surface area contributed by atoms with Crippen LogP contribution in [0.15, 0.2) is 12.1 Å². The Hall–Kier alpha value is -1.02. The van der Waals surface area contributed by atoms with Gasteiger partial charge in [-0.05, 0) is 68.2 Å². The van der Waals surface area contributed by atoms with Gasteiger partial charge in [0.1, 0.15) is 5.75 Å². The molecule has 0 bridgehead atoms. The van der Waals surface area contributed by atoms with E-state index >= 15 is 0 Å². The zero-order valence-corrected chi connectivity index (χ0v) is 13.8. The molecule has 0 radical (unpaired) electrons. The van der Waals surface area contributed by atoms with Crippen molar-refractivity contribution in [2.75, 3.05) is 6.61 Å². The molecule has 0 aromatic heterocycles. The number of rotatable bonds is 8. The molecule has 20 heavy (non-hydrogen) atoms. The minimum absolute atomic E-state index is 0.339. The van der Waals surface area contributed by atoms with Crippen LogP contribution in [-0.4, -0.2) is 12.6 Å². The number of benzene rings is 1. The minimum atomic E-state index is 0.339. The van der Waals surface area contributed by atoms with Crippen molar-refractivity contribution in [1.29, 1.82) is 0 Å². The van der Waals surface area contributed by atoms with Crippen LogP contribution in [0.5, 0.6) is 5.75 Å². The number of hydrogen-bond donors (Lipinski definition) is 1. The van der Waals surface area contributed by atoms with E-state index in [1.165, 1.54) is 16.7 Å². The standard InChI is InChI=1S/C18H31NO/c1-6-12-20-18-11-10-17(14(4)15(18)5)13(3)8-9-16(19)7-2/h10-11,13,16H,6-9,12,19H2,1-5H3. The van der Waals surface area contributed by atoms with E-state index in [-0.39, 0.29) is 0 Å². The Morgan fingerprint density at radius 3 is 2.40 bits per heavy atom. The zero-order valence-electron chi connectivity index (χ0n) is 13.8. The average Bonchev–Trinajstić information content (AvgIpc) is 2.45. The molecule has 2 heteroatoms. The van der Waals surface area contributed by atoms with Crippen molar-refractivity contribution >= 4 is 0 Å². The maximum Gasteiger partial charge on any atom is 0.122 e. The van der Waals surface area contributed by atoms with Gasteiger partial charge in [0.2, 0.25) is 0 Å². The number of hydrogen-bond acceptors (Lipinski definition) is 2. The van der Waals surface area contributed by atoms with Gasteiger partial charge in [0.15, 0.2) is 0 Å². The molecule has 0 aliphatic rings. The second kappa shape index (κ2) is 8.31. The molecular weight excluding hydrogens is 246 g/mol. The van der Waals surface area contributed by atoms with Crippen LogP contribution in [0.4, 0.5) is 0 Å². The number of ether oxygens (including phenoxy) is 1. The summed E-state index contributed by atoms with van der Waals surface area (Å²) in [6, 6.07) is 4.70. The second-order valence-electron chi connectivity index (χ2n) is 5.90. The fraction of sp³-hybridized carbons (Fsp3) is 0.667. The molecule has 2 N–H and O–H groups in total. The third-order valence-corrected chi connectivity index (χ3v) is 4.27. The molecule has 0 fully saturated rings. The van der Waals surface area contributed by atoms with Crippen LogP contribution in [0.3, 0.4) is 0 Å². The summed E-state index contributed by atoms with van der Waals surface area (Å²) in [5.41, 5.74) is 10.1. The van der Waals surface area contributed by atoms with E-state index in [9.17, 15) is 0 Å². The van der Waals surface area contributed by atoms with E-state index < -0.39 is 0 Å². The summed E-state index contributed by atoms with van der Waals surface area (Å²) in [4.78, 5) is 0. The Balaban J connectivity index is 2.78. The van der Waals surface area contributed by atoms with Crippen molar-refractivity contribution in [2.24, 2.45) is 5.73 Å². The lowest BCUT2D eigenvalue weighted by atomic mass is 9.89. The van der Waals surface area contributed by atoms with Gasteiger partial charge in [-0.3, -0.25) is 0 Å². The van der Waals surface area contributed by atoms with Gasteiger partial charge in [0, 0.05) is 6.04 Å². The molecule has 0 aliphatic heterocycles. The Morgan fingerprint density at radius 1 is 1.10 bits per heavy atom. The van der Waals surface area contributed by atoms with Crippen molar-refractivity contribution in [3.05, 3.63) is 28.8 Å². The fourth-order valence-corrected chi connectivity index (χ4v) is 2.54. The topological polar surface area (TPSA) is 35.2 Å². The molecule has 0 saturated carbocycles. The van der Waals surface area contributed by atoms with E-state index in [0.29, 0.717) is 12.0 Å². The Kier molecular flexibility index (Phi) is 7.08. The third kappa shape index (κ3) is 4.52. The minimum Gasteiger partial charge on any atom is -0.493 e. The van der Waals surface area contributed by atoms with Crippen LogP contribution < -0.4 is 10.5 Å². The predicted octanol–water partition coefficient (Wildman–Crippen LogP) is 4.71. The lowest BCUT2D eigenvalue weighted by molar-refractivity contribution is 0.315. The molecule has 0 saturated heterocycles. The van der Waals surface area contributed by atoms with Gasteiger partial charge in [0.25, 0.3) is 0 Å². The first kappa shape index (κ1) is 17.0. The summed E-state index contributed by atoms with van der Waals surface area (Å²) in [5.74, 6) is 1.59. The zero-order chi connectivity index (χ0) is 15.1. The van der Waals surface area contributed by atoms with Gasteiger partial charge in [-0.25, -0.2) is 0 Å². The molecule has 114 valence electrons. The van der Waals surface area contributed by atoms with Gasteiger partial charge < -0.3 is 10.5 Å². The van der Waals surface area contributed by atoms with Crippen molar-refractivity contribution < 1.29 is 4.74 Å². The second-order valence-corrected chi connectivity index (χ2v) is 5.90. The van der Waals surface area contributed by atoms with Crippen molar-refractivity contribution in [1.82, 2.24) is 0 Å². The van der Waals surface area contributed by atoms with Crippen molar-refractivity contribution in [2.45, 2.75) is 72.3 Å². The van der Waals surface area contributed by atoms with E-state index in [4.69, 9.17) is 10.5 Å². The van der Waals surface area contributed by atoms with E-state index in [2.05, 4.69) is 46.8 Å². The van der Waals surface area contributed by atoms with Crippen LogP contribution in [0.25, 0.3) is 0 Å². The monoisotopic (exact) mass is 277 g/mol. The fourth-order valence-electron chi connectivity index (χ4n) is 2.54. The average molecular weight is 277 g/mol. The van der Waals surface area contributed by atoms with Gasteiger partial charge in [-0.1, -0.05) is 26.8 Å². The molecule has 0 aliphatic carbocycles. The Labute approximate surface area is 124 Å². The smallest absolute Gasteiger partial charge is 0.122 e. The van der Waals surface area contributed by atoms with Gasteiger partial charge in [0.05, 0.1) is 6.61 Å². The quantitative estimate of drug-likeness (QED) is 0.746. The molecule has 1 aromatic rings. The van der Waals surface area contributed by atoms with Gasteiger partial charge in [-0.15, -0.1) is 0 Å². The molecule has 2 atom stereocenters. The molecular formula is C18H31NO. The van der Waals surface area contributed by atoms with Crippen molar-refractivity contribution in [3.63, 3.8) is 0 Å². The molecule has 1 aromatic carbocycles. The Morgan fingerprint density at radius 2 is 1.80 bits per heavy atom. The first-order valence-electron chi connectivity index (χ1n) is 7.99. The van der Waals surface area contributed by atoms with E-state index in [1.807, 2.05) is 0 Å². The van der Waals surface area contributed by atoms with Crippen LogP contribution in [0.1, 0.15) is 69.1 Å². The van der Waals surface area contributed by atoms with Crippen LogP contribution in [0, 0.1) is 13.8 Å². The molecule has 0 heterocycles. The summed E-state index contributed by atoms with van der Waals surface area (Å²) in [5, 5.41) is 0. The maximum atomic E-state index is 6.03. The molecule has 1 rings (SSSR count). The summed E-state index contributed by atoms with van der Waals surface area (Å²) in [6.07, 6.45) is 4.37. The van der Waals surface area contributed by atoms with Gasteiger partial charge >= 0.3 is 0 Å². The predicted molar refractivity (Wildman–Crippen MR) is 87.6 cm³/mol. The van der Waals surface area contributed by atoms with Crippen LogP contribution in [0.2, 0.25) is 0 Å². The highest BCUT2D eigenvalue weighted by Gasteiger charge is 2.13. The summed E-state index contributed by atoms with van der Waals surface area (Å²) in [6.45, 7) is 11.8. The number of nitrogens with two attached hydrogens (primary N) is 1. The lowest BCUT2D eigenvalue weighted by Gasteiger charge is -2.20. The lowest BCUT2D eigenvalue weighted by Crippen LogP contribution is -2.19. The Bertz CT molecular complexity index is 414. The molecule has 2 unspecified atom stereocenters. The third-order valence-electron chi connectivity index (χ3n) is 4.27. The first-order valence-corrected chi connectivity index (χ1v) is 7.99. The summed E-state index contributed by atoms with van der Waals surface area (Å²) < 4.78 is 5.80. The molecule has 2 nitrogen and oxygen atoms in total. The van der Waals surface area contributed by atoms with E-state index in [0.717, 1.165) is 38.0 Å². The van der Waals surface area contributed by atoms with Gasteiger partial charge in [-0.2, -0.15) is 0 Å². The van der Waals surface area contributed by atoms with Crippen molar-refractivity contribution in [3.8, 4) is 5.75 Å². The largest absolute Gasteiger partial charge is 0.493 e. The van der Waals surface area contributed by atoms with Crippen LogP contribution in [-0.2, 0) is 0 Å². The molecule has 0 spiro atoms. The highest BCUT2D eigenvalue weighted by Crippen LogP contribution is 2.31.